The van der Waals surface area contributed by atoms with Crippen LogP contribution in [0.5, 0.6) is 0 Å². The van der Waals surface area contributed by atoms with Gasteiger partial charge in [0, 0.05) is 12.0 Å². The van der Waals surface area contributed by atoms with E-state index in [1.165, 1.54) is 0 Å². The van der Waals surface area contributed by atoms with Gasteiger partial charge in [0.05, 0.1) is 11.1 Å². The standard InChI is InChI=1S/C18H22N4O3/c1-18(2,3)17-21-16(25-22-17)12-8-5-4-7-11(12)14(23)20-13-9-6-10-19-15(13)24/h4-5,7-8,13H,6,9-10H2,1-3H3,(H,19,24)(H,20,23). The number of piperidine rings is 1. The summed E-state index contributed by atoms with van der Waals surface area (Å²) in [5.41, 5.74) is 0.711. The summed E-state index contributed by atoms with van der Waals surface area (Å²) in [5.74, 6) is 0.395. The molecule has 25 heavy (non-hydrogen) atoms. The molecule has 2 amide bonds. The summed E-state index contributed by atoms with van der Waals surface area (Å²) >= 11 is 0. The molecule has 7 heteroatoms. The van der Waals surface area contributed by atoms with Gasteiger partial charge in [0.25, 0.3) is 11.8 Å². The highest BCUT2D eigenvalue weighted by molar-refractivity contribution is 6.02. The van der Waals surface area contributed by atoms with Crippen LogP contribution < -0.4 is 10.6 Å². The first-order valence-electron chi connectivity index (χ1n) is 8.38. The van der Waals surface area contributed by atoms with Crippen molar-refractivity contribution in [2.45, 2.75) is 45.1 Å². The lowest BCUT2D eigenvalue weighted by Gasteiger charge is -2.23. The smallest absolute Gasteiger partial charge is 0.258 e. The van der Waals surface area contributed by atoms with Crippen molar-refractivity contribution in [3.05, 3.63) is 35.7 Å². The average Bonchev–Trinajstić information content (AvgIpc) is 3.07. The van der Waals surface area contributed by atoms with E-state index in [0.29, 0.717) is 35.8 Å². The molecule has 1 aliphatic rings. The maximum Gasteiger partial charge on any atom is 0.258 e. The van der Waals surface area contributed by atoms with Gasteiger partial charge in [-0.05, 0) is 25.0 Å². The second-order valence-electron chi connectivity index (χ2n) is 7.18. The Balaban J connectivity index is 1.87. The molecule has 0 saturated carbocycles. The first-order valence-corrected chi connectivity index (χ1v) is 8.38. The van der Waals surface area contributed by atoms with Gasteiger partial charge in [-0.3, -0.25) is 9.59 Å². The Bertz CT molecular complexity index is 792. The SMILES string of the molecule is CC(C)(C)c1noc(-c2ccccc2C(=O)NC2CCCNC2=O)n1. The van der Waals surface area contributed by atoms with E-state index in [2.05, 4.69) is 20.8 Å². The van der Waals surface area contributed by atoms with Gasteiger partial charge in [-0.25, -0.2) is 0 Å². The number of rotatable bonds is 3. The summed E-state index contributed by atoms with van der Waals surface area (Å²) in [5, 5.41) is 9.56. The predicted octanol–water partition coefficient (Wildman–Crippen LogP) is 2.04. The molecule has 0 bridgehead atoms. The zero-order chi connectivity index (χ0) is 18.0. The molecule has 0 spiro atoms. The minimum atomic E-state index is -0.512. The van der Waals surface area contributed by atoms with Gasteiger partial charge in [0.2, 0.25) is 5.91 Å². The lowest BCUT2D eigenvalue weighted by Crippen LogP contribution is -2.50. The zero-order valence-corrected chi connectivity index (χ0v) is 14.6. The number of amides is 2. The van der Waals surface area contributed by atoms with E-state index >= 15 is 0 Å². The third-order valence-corrected chi connectivity index (χ3v) is 4.09. The molecule has 1 unspecified atom stereocenters. The second kappa shape index (κ2) is 6.66. The quantitative estimate of drug-likeness (QED) is 0.890. The molecular weight excluding hydrogens is 320 g/mol. The molecule has 0 aliphatic carbocycles. The molecule has 1 saturated heterocycles. The Morgan fingerprint density at radius 1 is 1.32 bits per heavy atom. The third-order valence-electron chi connectivity index (χ3n) is 4.09. The summed E-state index contributed by atoms with van der Waals surface area (Å²) in [6.07, 6.45) is 1.48. The number of carbonyl (C=O) groups excluding carboxylic acids is 2. The van der Waals surface area contributed by atoms with Crippen molar-refractivity contribution in [1.29, 1.82) is 0 Å². The maximum absolute atomic E-state index is 12.7. The molecule has 0 radical (unpaired) electrons. The van der Waals surface area contributed by atoms with Crippen molar-refractivity contribution in [2.75, 3.05) is 6.54 Å². The number of carbonyl (C=O) groups is 2. The monoisotopic (exact) mass is 342 g/mol. The van der Waals surface area contributed by atoms with Crippen molar-refractivity contribution in [3.8, 4) is 11.5 Å². The van der Waals surface area contributed by atoms with Crippen molar-refractivity contribution >= 4 is 11.8 Å². The molecule has 2 N–H and O–H groups in total. The van der Waals surface area contributed by atoms with Crippen LogP contribution in [0.1, 0.15) is 49.8 Å². The maximum atomic E-state index is 12.7. The van der Waals surface area contributed by atoms with Crippen LogP contribution >= 0.6 is 0 Å². The first kappa shape index (κ1) is 17.1. The van der Waals surface area contributed by atoms with E-state index in [9.17, 15) is 9.59 Å². The molecule has 2 aromatic rings. The number of benzene rings is 1. The van der Waals surface area contributed by atoms with Crippen molar-refractivity contribution in [3.63, 3.8) is 0 Å². The van der Waals surface area contributed by atoms with Crippen LogP contribution in [0.3, 0.4) is 0 Å². The fourth-order valence-electron chi connectivity index (χ4n) is 2.65. The number of nitrogens with one attached hydrogen (secondary N) is 2. The van der Waals surface area contributed by atoms with Gasteiger partial charge >= 0.3 is 0 Å². The normalized spacial score (nSPS) is 17.9. The molecule has 1 aromatic carbocycles. The second-order valence-corrected chi connectivity index (χ2v) is 7.18. The lowest BCUT2D eigenvalue weighted by atomic mass is 9.96. The number of hydrogen-bond acceptors (Lipinski definition) is 5. The fourth-order valence-corrected chi connectivity index (χ4v) is 2.65. The van der Waals surface area contributed by atoms with E-state index in [0.717, 1.165) is 6.42 Å². The number of hydrogen-bond donors (Lipinski definition) is 2. The Kier molecular flexibility index (Phi) is 4.57. The predicted molar refractivity (Wildman–Crippen MR) is 91.9 cm³/mol. The van der Waals surface area contributed by atoms with Crippen molar-refractivity contribution in [1.82, 2.24) is 20.8 Å². The summed E-state index contributed by atoms with van der Waals surface area (Å²) < 4.78 is 5.36. The van der Waals surface area contributed by atoms with E-state index in [1.807, 2.05) is 20.8 Å². The van der Waals surface area contributed by atoms with E-state index < -0.39 is 6.04 Å². The van der Waals surface area contributed by atoms with Crippen molar-refractivity contribution in [2.24, 2.45) is 0 Å². The zero-order valence-electron chi connectivity index (χ0n) is 14.6. The van der Waals surface area contributed by atoms with E-state index in [1.54, 1.807) is 24.3 Å². The Morgan fingerprint density at radius 3 is 2.76 bits per heavy atom. The molecule has 132 valence electrons. The van der Waals surface area contributed by atoms with Crippen LogP contribution in [0, 0.1) is 0 Å². The number of nitrogens with zero attached hydrogens (tertiary/aromatic N) is 2. The minimum absolute atomic E-state index is 0.148. The van der Waals surface area contributed by atoms with Crippen LogP contribution in [-0.4, -0.2) is 34.5 Å². The molecule has 2 heterocycles. The van der Waals surface area contributed by atoms with Crippen LogP contribution in [0.4, 0.5) is 0 Å². The topological polar surface area (TPSA) is 97.1 Å². The van der Waals surface area contributed by atoms with Crippen LogP contribution in [0.2, 0.25) is 0 Å². The van der Waals surface area contributed by atoms with Gasteiger partial charge in [-0.1, -0.05) is 38.1 Å². The summed E-state index contributed by atoms with van der Waals surface area (Å²) in [7, 11) is 0. The van der Waals surface area contributed by atoms with Crippen molar-refractivity contribution < 1.29 is 14.1 Å². The van der Waals surface area contributed by atoms with Crippen LogP contribution in [0.15, 0.2) is 28.8 Å². The summed E-state index contributed by atoms with van der Waals surface area (Å²) in [6.45, 7) is 6.62. The Labute approximate surface area is 146 Å². The summed E-state index contributed by atoms with van der Waals surface area (Å²) in [6, 6.07) is 6.50. The van der Waals surface area contributed by atoms with Crippen LogP contribution in [-0.2, 0) is 10.2 Å². The molecule has 3 rings (SSSR count). The van der Waals surface area contributed by atoms with Gasteiger partial charge in [-0.15, -0.1) is 0 Å². The number of aromatic nitrogens is 2. The Hall–Kier alpha value is -2.70. The van der Waals surface area contributed by atoms with Gasteiger partial charge in [0.15, 0.2) is 5.82 Å². The van der Waals surface area contributed by atoms with E-state index in [-0.39, 0.29) is 17.2 Å². The first-order chi connectivity index (χ1) is 11.9. The molecular formula is C18H22N4O3. The molecule has 1 aliphatic heterocycles. The highest BCUT2D eigenvalue weighted by Gasteiger charge is 2.27. The third kappa shape index (κ3) is 3.70. The van der Waals surface area contributed by atoms with E-state index in [4.69, 9.17) is 4.52 Å². The lowest BCUT2D eigenvalue weighted by molar-refractivity contribution is -0.124. The highest BCUT2D eigenvalue weighted by atomic mass is 16.5. The Morgan fingerprint density at radius 2 is 2.08 bits per heavy atom. The van der Waals surface area contributed by atoms with Gasteiger partial charge in [-0.2, -0.15) is 4.98 Å². The molecule has 1 aromatic heterocycles. The molecule has 1 fully saturated rings. The molecule has 7 nitrogen and oxygen atoms in total. The molecule has 1 atom stereocenters. The largest absolute Gasteiger partial charge is 0.354 e. The summed E-state index contributed by atoms with van der Waals surface area (Å²) in [4.78, 5) is 29.0. The van der Waals surface area contributed by atoms with Crippen LogP contribution in [0.25, 0.3) is 11.5 Å². The fraction of sp³-hybridized carbons (Fsp3) is 0.444. The average molecular weight is 342 g/mol. The van der Waals surface area contributed by atoms with Gasteiger partial charge in [0.1, 0.15) is 6.04 Å². The minimum Gasteiger partial charge on any atom is -0.354 e. The highest BCUT2D eigenvalue weighted by Crippen LogP contribution is 2.26. The van der Waals surface area contributed by atoms with Gasteiger partial charge < -0.3 is 15.2 Å².